The van der Waals surface area contributed by atoms with Crippen molar-refractivity contribution >= 4 is 0 Å². The Morgan fingerprint density at radius 2 is 1.29 bits per heavy atom. The topological polar surface area (TPSA) is 27.7 Å². The molecule has 3 atom stereocenters. The fourth-order valence-corrected chi connectivity index (χ4v) is 5.04. The van der Waals surface area contributed by atoms with Gasteiger partial charge in [-0.3, -0.25) is 0 Å². The van der Waals surface area contributed by atoms with Crippen molar-refractivity contribution in [3.05, 3.63) is 96.1 Å². The molecule has 3 unspecified atom stereocenters. The summed E-state index contributed by atoms with van der Waals surface area (Å²) in [6.07, 6.45) is 1.53. The summed E-state index contributed by atoms with van der Waals surface area (Å²) >= 11 is 0. The van der Waals surface area contributed by atoms with E-state index in [9.17, 15) is 0 Å². The first-order chi connectivity index (χ1) is 18.2. The van der Waals surface area contributed by atoms with Crippen LogP contribution in [-0.2, 0) is 10.2 Å². The lowest BCUT2D eigenvalue weighted by molar-refractivity contribution is -0.138. The number of para-hydroxylation sites is 1. The fourth-order valence-electron chi connectivity index (χ4n) is 5.04. The molecule has 0 bridgehead atoms. The molecule has 206 valence electrons. The monoisotopic (exact) mass is 516 g/mol. The van der Waals surface area contributed by atoms with Crippen molar-refractivity contribution in [2.45, 2.75) is 78.9 Å². The third kappa shape index (κ3) is 8.11. The highest BCUT2D eigenvalue weighted by atomic mass is 16.7. The van der Waals surface area contributed by atoms with Gasteiger partial charge in [-0.2, -0.15) is 0 Å². The van der Waals surface area contributed by atoms with Gasteiger partial charge in [0, 0.05) is 6.42 Å². The quantitative estimate of drug-likeness (QED) is 0.149. The Hall–Kier alpha value is -2.78. The van der Waals surface area contributed by atoms with Crippen molar-refractivity contribution in [2.24, 2.45) is 17.8 Å². The van der Waals surface area contributed by atoms with Crippen molar-refractivity contribution in [3.8, 4) is 11.5 Å². The highest BCUT2D eigenvalue weighted by molar-refractivity contribution is 5.32. The van der Waals surface area contributed by atoms with E-state index >= 15 is 0 Å². The van der Waals surface area contributed by atoms with Gasteiger partial charge in [0.25, 0.3) is 0 Å². The van der Waals surface area contributed by atoms with E-state index in [2.05, 4.69) is 103 Å². The number of hydrogen-bond donors (Lipinski definition) is 0. The molecule has 3 rings (SSSR count). The lowest BCUT2D eigenvalue weighted by Gasteiger charge is -2.41. The Balaban J connectivity index is 1.77. The van der Waals surface area contributed by atoms with Gasteiger partial charge >= 0.3 is 0 Å². The number of ether oxygens (including phenoxy) is 3. The van der Waals surface area contributed by atoms with Gasteiger partial charge in [0.1, 0.15) is 11.5 Å². The molecule has 0 saturated heterocycles. The number of hydrogen-bond acceptors (Lipinski definition) is 3. The maximum atomic E-state index is 6.67. The first-order valence-electron chi connectivity index (χ1n) is 14.3. The van der Waals surface area contributed by atoms with Crippen molar-refractivity contribution < 1.29 is 14.2 Å². The average Bonchev–Trinajstić information content (AvgIpc) is 2.91. The highest BCUT2D eigenvalue weighted by Crippen LogP contribution is 2.39. The minimum absolute atomic E-state index is 0.297. The molecule has 0 saturated carbocycles. The van der Waals surface area contributed by atoms with E-state index in [0.717, 1.165) is 17.9 Å². The molecule has 3 nitrogen and oxygen atoms in total. The van der Waals surface area contributed by atoms with Gasteiger partial charge in [-0.15, -0.1) is 0 Å². The third-order valence-corrected chi connectivity index (χ3v) is 7.74. The molecule has 0 aliphatic carbocycles. The fraction of sp³-hybridized carbons (Fsp3) is 0.486. The number of rotatable bonds is 15. The highest BCUT2D eigenvalue weighted by Gasteiger charge is 2.41. The zero-order valence-corrected chi connectivity index (χ0v) is 24.5. The van der Waals surface area contributed by atoms with E-state index in [4.69, 9.17) is 14.2 Å². The van der Waals surface area contributed by atoms with Crippen LogP contribution in [0.3, 0.4) is 0 Å². The van der Waals surface area contributed by atoms with Crippen LogP contribution < -0.4 is 9.47 Å². The third-order valence-electron chi connectivity index (χ3n) is 7.74. The van der Waals surface area contributed by atoms with Gasteiger partial charge in [-0.05, 0) is 72.4 Å². The van der Waals surface area contributed by atoms with E-state index < -0.39 is 6.29 Å². The second-order valence-electron chi connectivity index (χ2n) is 11.7. The molecule has 0 aliphatic heterocycles. The average molecular weight is 517 g/mol. The van der Waals surface area contributed by atoms with E-state index in [1.165, 1.54) is 17.5 Å². The summed E-state index contributed by atoms with van der Waals surface area (Å²) < 4.78 is 19.1. The van der Waals surface area contributed by atoms with Crippen molar-refractivity contribution in [1.29, 1.82) is 0 Å². The lowest BCUT2D eigenvalue weighted by atomic mass is 9.72. The Morgan fingerprint density at radius 1 is 0.684 bits per heavy atom. The van der Waals surface area contributed by atoms with Crippen LogP contribution in [0.4, 0.5) is 0 Å². The van der Waals surface area contributed by atoms with Gasteiger partial charge in [0.2, 0.25) is 6.29 Å². The molecular formula is C35H48O3. The SMILES string of the molecule is CC(C)CC(c1ccc(OC(OCCCOc2ccccc2)C(C)(c2ccccc2)C(C)C)cc1)C(C)C. The molecule has 3 aromatic rings. The van der Waals surface area contributed by atoms with Crippen LogP contribution in [0, 0.1) is 17.8 Å². The Labute approximate surface area is 231 Å². The van der Waals surface area contributed by atoms with Gasteiger partial charge < -0.3 is 14.2 Å². The predicted octanol–water partition coefficient (Wildman–Crippen LogP) is 9.28. The summed E-state index contributed by atoms with van der Waals surface area (Å²) in [5, 5.41) is 0. The molecule has 0 spiro atoms. The zero-order valence-electron chi connectivity index (χ0n) is 24.5. The summed E-state index contributed by atoms with van der Waals surface area (Å²) in [7, 11) is 0. The summed E-state index contributed by atoms with van der Waals surface area (Å²) in [5.74, 6) is 3.83. The molecule has 0 aromatic heterocycles. The van der Waals surface area contributed by atoms with Crippen LogP contribution in [0.2, 0.25) is 0 Å². The van der Waals surface area contributed by atoms with Gasteiger partial charge in [-0.1, -0.05) is 102 Å². The summed E-state index contributed by atoms with van der Waals surface area (Å²) in [5.41, 5.74) is 2.26. The summed E-state index contributed by atoms with van der Waals surface area (Å²) in [6.45, 7) is 17.1. The molecule has 0 N–H and O–H groups in total. The minimum Gasteiger partial charge on any atom is -0.494 e. The van der Waals surface area contributed by atoms with Gasteiger partial charge in [0.05, 0.1) is 18.6 Å². The molecular weight excluding hydrogens is 468 g/mol. The minimum atomic E-state index is -0.441. The molecule has 3 heteroatoms. The Bertz CT molecular complexity index is 1040. The van der Waals surface area contributed by atoms with Crippen LogP contribution >= 0.6 is 0 Å². The normalized spacial score (nSPS) is 14.9. The van der Waals surface area contributed by atoms with E-state index in [1.807, 2.05) is 30.3 Å². The second kappa shape index (κ2) is 14.4. The van der Waals surface area contributed by atoms with Gasteiger partial charge in [-0.25, -0.2) is 0 Å². The predicted molar refractivity (Wildman–Crippen MR) is 159 cm³/mol. The van der Waals surface area contributed by atoms with E-state index in [0.29, 0.717) is 36.9 Å². The molecule has 3 aromatic carbocycles. The maximum absolute atomic E-state index is 6.67. The first-order valence-corrected chi connectivity index (χ1v) is 14.3. The van der Waals surface area contributed by atoms with Crippen molar-refractivity contribution in [2.75, 3.05) is 13.2 Å². The first kappa shape index (κ1) is 29.8. The second-order valence-corrected chi connectivity index (χ2v) is 11.7. The molecule has 0 aliphatic rings. The standard InChI is InChI=1S/C35H48O3/c1-26(2)25-33(27(3)4)29-19-21-32(22-20-29)38-34(35(7,28(5)6)30-15-10-8-11-16-30)37-24-14-23-36-31-17-12-9-13-18-31/h8-13,15-22,26-28,33-34H,14,23-25H2,1-7H3. The lowest BCUT2D eigenvalue weighted by Crippen LogP contribution is -2.47. The molecule has 0 fully saturated rings. The summed E-state index contributed by atoms with van der Waals surface area (Å²) in [6, 6.07) is 29.2. The van der Waals surface area contributed by atoms with Gasteiger partial charge in [0.15, 0.2) is 0 Å². The van der Waals surface area contributed by atoms with E-state index in [-0.39, 0.29) is 5.41 Å². The van der Waals surface area contributed by atoms with Crippen LogP contribution in [0.5, 0.6) is 11.5 Å². The van der Waals surface area contributed by atoms with Crippen LogP contribution in [-0.4, -0.2) is 19.5 Å². The van der Waals surface area contributed by atoms with Crippen LogP contribution in [0.25, 0.3) is 0 Å². The van der Waals surface area contributed by atoms with Crippen molar-refractivity contribution in [1.82, 2.24) is 0 Å². The van der Waals surface area contributed by atoms with E-state index in [1.54, 1.807) is 0 Å². The summed E-state index contributed by atoms with van der Waals surface area (Å²) in [4.78, 5) is 0. The smallest absolute Gasteiger partial charge is 0.209 e. The molecule has 0 heterocycles. The maximum Gasteiger partial charge on any atom is 0.209 e. The molecule has 0 radical (unpaired) electrons. The zero-order chi connectivity index (χ0) is 27.5. The largest absolute Gasteiger partial charge is 0.494 e. The molecule has 38 heavy (non-hydrogen) atoms. The Morgan fingerprint density at radius 3 is 1.84 bits per heavy atom. The number of benzene rings is 3. The van der Waals surface area contributed by atoms with Crippen LogP contribution in [0.1, 0.15) is 78.4 Å². The van der Waals surface area contributed by atoms with Crippen LogP contribution in [0.15, 0.2) is 84.9 Å². The Kier molecular flexibility index (Phi) is 11.3. The molecule has 0 amide bonds. The van der Waals surface area contributed by atoms with Crippen molar-refractivity contribution in [3.63, 3.8) is 0 Å².